The van der Waals surface area contributed by atoms with Crippen molar-refractivity contribution in [2.24, 2.45) is 0 Å². The number of hydrogen-bond acceptors (Lipinski definition) is 4. The molecule has 2 aromatic carbocycles. The van der Waals surface area contributed by atoms with E-state index in [1.165, 1.54) is 0 Å². The van der Waals surface area contributed by atoms with Gasteiger partial charge >= 0.3 is 7.12 Å². The van der Waals surface area contributed by atoms with Crippen molar-refractivity contribution in [2.45, 2.75) is 0 Å². The molecule has 2 heterocycles. The molecule has 20 heavy (non-hydrogen) atoms. The minimum Gasteiger partial charge on any atom is -0.456 e. The summed E-state index contributed by atoms with van der Waals surface area (Å²) in [5.41, 5.74) is 1.94. The molecule has 0 radical (unpaired) electrons. The highest BCUT2D eigenvalue weighted by Gasteiger charge is 2.15. The number of nitrogens with zero attached hydrogens (tertiary/aromatic N) is 1. The maximum Gasteiger partial charge on any atom is 0.488 e. The minimum atomic E-state index is -1.49. The van der Waals surface area contributed by atoms with Crippen molar-refractivity contribution >= 4 is 45.3 Å². The smallest absolute Gasteiger partial charge is 0.456 e. The van der Waals surface area contributed by atoms with Gasteiger partial charge in [-0.1, -0.05) is 18.2 Å². The van der Waals surface area contributed by atoms with E-state index in [0.29, 0.717) is 5.46 Å². The zero-order valence-electron chi connectivity index (χ0n) is 10.4. The van der Waals surface area contributed by atoms with Crippen LogP contribution in [-0.2, 0) is 0 Å². The van der Waals surface area contributed by atoms with E-state index in [9.17, 15) is 10.0 Å². The molecule has 0 saturated carbocycles. The molecule has 0 spiro atoms. The van der Waals surface area contributed by atoms with Crippen molar-refractivity contribution in [3.8, 4) is 0 Å². The molecule has 4 nitrogen and oxygen atoms in total. The van der Waals surface area contributed by atoms with Crippen molar-refractivity contribution in [1.82, 2.24) is 4.98 Å². The third-order valence-electron chi connectivity index (χ3n) is 3.58. The van der Waals surface area contributed by atoms with Gasteiger partial charge in [0.25, 0.3) is 0 Å². The summed E-state index contributed by atoms with van der Waals surface area (Å²) in [7, 11) is -1.49. The van der Waals surface area contributed by atoms with Gasteiger partial charge in [-0.2, -0.15) is 0 Å². The van der Waals surface area contributed by atoms with Gasteiger partial charge in [0, 0.05) is 28.6 Å². The number of hydrogen-bond donors (Lipinski definition) is 2. The summed E-state index contributed by atoms with van der Waals surface area (Å²) in [6, 6.07) is 11.0. The predicted octanol–water partition coefficient (Wildman–Crippen LogP) is 1.81. The summed E-state index contributed by atoms with van der Waals surface area (Å²) < 4.78 is 5.80. The van der Waals surface area contributed by atoms with Gasteiger partial charge in [0.1, 0.15) is 11.2 Å². The largest absolute Gasteiger partial charge is 0.488 e. The van der Waals surface area contributed by atoms with Crippen molar-refractivity contribution in [2.75, 3.05) is 0 Å². The van der Waals surface area contributed by atoms with Crippen molar-refractivity contribution in [3.05, 3.63) is 48.8 Å². The van der Waals surface area contributed by atoms with Crippen molar-refractivity contribution < 1.29 is 14.5 Å². The fourth-order valence-electron chi connectivity index (χ4n) is 2.61. The van der Waals surface area contributed by atoms with Gasteiger partial charge in [0.15, 0.2) is 0 Å². The molecular weight excluding hydrogens is 253 g/mol. The fourth-order valence-corrected chi connectivity index (χ4v) is 2.61. The van der Waals surface area contributed by atoms with Crippen LogP contribution < -0.4 is 5.46 Å². The normalized spacial score (nSPS) is 11.5. The standard InChI is InChI=1S/C15H10BNO3/c18-16(19)10-2-4-13-11(7-10)15-12-8-17-6-5-9(12)1-3-14(15)20-13/h1-8,18-19H. The van der Waals surface area contributed by atoms with Crippen LogP contribution in [0.1, 0.15) is 0 Å². The first-order valence-electron chi connectivity index (χ1n) is 6.29. The highest BCUT2D eigenvalue weighted by Crippen LogP contribution is 2.33. The quantitative estimate of drug-likeness (QED) is 0.514. The van der Waals surface area contributed by atoms with Gasteiger partial charge in [-0.05, 0) is 29.0 Å². The molecule has 0 amide bonds. The van der Waals surface area contributed by atoms with Crippen LogP contribution in [0.3, 0.4) is 0 Å². The summed E-state index contributed by atoms with van der Waals surface area (Å²) in [4.78, 5) is 4.17. The van der Waals surface area contributed by atoms with Crippen LogP contribution in [0, 0.1) is 0 Å². The molecule has 0 aliphatic rings. The SMILES string of the molecule is OB(O)c1ccc2oc3ccc4ccncc4c3c2c1. The number of rotatable bonds is 1. The van der Waals surface area contributed by atoms with Crippen LogP contribution in [0.2, 0.25) is 0 Å². The van der Waals surface area contributed by atoms with Crippen LogP contribution in [-0.4, -0.2) is 22.2 Å². The predicted molar refractivity (Wildman–Crippen MR) is 78.8 cm³/mol. The number of furan rings is 1. The third-order valence-corrected chi connectivity index (χ3v) is 3.58. The van der Waals surface area contributed by atoms with E-state index in [1.54, 1.807) is 30.6 Å². The van der Waals surface area contributed by atoms with Crippen LogP contribution in [0.4, 0.5) is 0 Å². The van der Waals surface area contributed by atoms with E-state index in [-0.39, 0.29) is 0 Å². The van der Waals surface area contributed by atoms with E-state index in [0.717, 1.165) is 32.7 Å². The fraction of sp³-hybridized carbons (Fsp3) is 0. The highest BCUT2D eigenvalue weighted by molar-refractivity contribution is 6.59. The van der Waals surface area contributed by atoms with Crippen molar-refractivity contribution in [1.29, 1.82) is 0 Å². The first-order valence-corrected chi connectivity index (χ1v) is 6.29. The minimum absolute atomic E-state index is 0.445. The van der Waals surface area contributed by atoms with E-state index >= 15 is 0 Å². The maximum atomic E-state index is 9.32. The Morgan fingerprint density at radius 2 is 1.80 bits per heavy atom. The van der Waals surface area contributed by atoms with Crippen molar-refractivity contribution in [3.63, 3.8) is 0 Å². The monoisotopic (exact) mass is 263 g/mol. The first kappa shape index (κ1) is 11.5. The number of fused-ring (bicyclic) bond motifs is 5. The molecule has 2 aromatic heterocycles. The highest BCUT2D eigenvalue weighted by atomic mass is 16.4. The molecular formula is C15H10BNO3. The Morgan fingerprint density at radius 3 is 2.65 bits per heavy atom. The molecule has 0 aliphatic heterocycles. The summed E-state index contributed by atoms with van der Waals surface area (Å²) in [6.45, 7) is 0. The van der Waals surface area contributed by atoms with Crippen LogP contribution in [0.5, 0.6) is 0 Å². The average molecular weight is 263 g/mol. The Kier molecular flexibility index (Phi) is 2.33. The molecule has 0 fully saturated rings. The molecule has 96 valence electrons. The zero-order chi connectivity index (χ0) is 13.7. The Hall–Kier alpha value is -2.37. The summed E-state index contributed by atoms with van der Waals surface area (Å²) >= 11 is 0. The van der Waals surface area contributed by atoms with Crippen LogP contribution in [0.15, 0.2) is 53.2 Å². The molecule has 0 atom stereocenters. The Morgan fingerprint density at radius 1 is 0.950 bits per heavy atom. The van der Waals surface area contributed by atoms with Gasteiger partial charge in [-0.25, -0.2) is 0 Å². The van der Waals surface area contributed by atoms with Gasteiger partial charge in [0.05, 0.1) is 0 Å². The molecule has 2 N–H and O–H groups in total. The van der Waals surface area contributed by atoms with Gasteiger partial charge in [-0.3, -0.25) is 4.98 Å². The molecule has 4 aromatic rings. The lowest BCUT2D eigenvalue weighted by molar-refractivity contribution is 0.426. The number of pyridine rings is 1. The number of aromatic nitrogens is 1. The second kappa shape index (κ2) is 4.06. The molecule has 4 rings (SSSR count). The van der Waals surface area contributed by atoms with E-state index < -0.39 is 7.12 Å². The summed E-state index contributed by atoms with van der Waals surface area (Å²) in [6.07, 6.45) is 3.55. The van der Waals surface area contributed by atoms with E-state index in [1.807, 2.05) is 18.2 Å². The second-order valence-electron chi connectivity index (χ2n) is 4.77. The summed E-state index contributed by atoms with van der Waals surface area (Å²) in [5, 5.41) is 22.5. The number of benzene rings is 2. The molecule has 0 aliphatic carbocycles. The third kappa shape index (κ3) is 1.54. The maximum absolute atomic E-state index is 9.32. The lowest BCUT2D eigenvalue weighted by Crippen LogP contribution is -2.29. The van der Waals surface area contributed by atoms with Gasteiger partial charge in [0.2, 0.25) is 0 Å². The van der Waals surface area contributed by atoms with Crippen LogP contribution >= 0.6 is 0 Å². The molecule has 0 saturated heterocycles. The van der Waals surface area contributed by atoms with Crippen LogP contribution in [0.25, 0.3) is 32.7 Å². The van der Waals surface area contributed by atoms with Gasteiger partial charge in [-0.15, -0.1) is 0 Å². The molecule has 0 unspecified atom stereocenters. The Balaban J connectivity index is 2.22. The molecule has 5 heteroatoms. The summed E-state index contributed by atoms with van der Waals surface area (Å²) in [5.74, 6) is 0. The van der Waals surface area contributed by atoms with Gasteiger partial charge < -0.3 is 14.5 Å². The Labute approximate surface area is 114 Å². The zero-order valence-corrected chi connectivity index (χ0v) is 10.4. The molecule has 0 bridgehead atoms. The van der Waals surface area contributed by atoms with E-state index in [2.05, 4.69) is 4.98 Å². The topological polar surface area (TPSA) is 66.5 Å². The lowest BCUT2D eigenvalue weighted by Gasteiger charge is -2.00. The average Bonchev–Trinajstić information content (AvgIpc) is 2.85. The first-order chi connectivity index (χ1) is 9.74. The lowest BCUT2D eigenvalue weighted by atomic mass is 9.80. The second-order valence-corrected chi connectivity index (χ2v) is 4.77. The Bertz CT molecular complexity index is 946. The van der Waals surface area contributed by atoms with E-state index in [4.69, 9.17) is 4.42 Å².